The Kier molecular flexibility index (Phi) is 5.14. The van der Waals surface area contributed by atoms with E-state index in [9.17, 15) is 19.3 Å². The first kappa shape index (κ1) is 15.6. The molecule has 0 aliphatic rings. The first-order valence-corrected chi connectivity index (χ1v) is 6.76. The van der Waals surface area contributed by atoms with E-state index in [4.69, 9.17) is 0 Å². The first-order chi connectivity index (χ1) is 10.6. The number of rotatable bonds is 6. The van der Waals surface area contributed by atoms with Crippen LogP contribution in [0.4, 0.5) is 10.1 Å². The Morgan fingerprint density at radius 2 is 1.91 bits per heavy atom. The molecule has 0 aromatic heterocycles. The molecule has 112 valence electrons. The van der Waals surface area contributed by atoms with Crippen LogP contribution in [0.2, 0.25) is 0 Å². The quantitative estimate of drug-likeness (QED) is 0.349. The van der Waals surface area contributed by atoms with Crippen molar-refractivity contribution in [2.45, 2.75) is 12.8 Å². The van der Waals surface area contributed by atoms with Crippen LogP contribution >= 0.6 is 0 Å². The molecule has 0 heterocycles. The minimum Gasteiger partial charge on any atom is -0.289 e. The Balaban J connectivity index is 1.96. The molecule has 2 aromatic rings. The zero-order valence-electron chi connectivity index (χ0n) is 11.7. The molecule has 0 atom stereocenters. The third-order valence-corrected chi connectivity index (χ3v) is 3.15. The van der Waals surface area contributed by atoms with Crippen LogP contribution in [0.25, 0.3) is 0 Å². The Bertz CT molecular complexity index is 711. The van der Waals surface area contributed by atoms with Crippen molar-refractivity contribution in [1.82, 2.24) is 0 Å². The maximum atomic E-state index is 13.6. The third kappa shape index (κ3) is 4.09. The minimum atomic E-state index is -0.558. The standard InChI is InChI=1S/C17H14FNO3/c18-16-11-10-15(19(21)22)12-14(16)8-4-5-9-17(20)13-6-2-1-3-7-13/h1-3,5-7,9-12H,4,8H2/b9-5+. The molecule has 0 aliphatic carbocycles. The predicted octanol–water partition coefficient (Wildman–Crippen LogP) is 4.11. The summed E-state index contributed by atoms with van der Waals surface area (Å²) in [5.74, 6) is -0.603. The number of carbonyl (C=O) groups is 1. The molecule has 2 rings (SSSR count). The van der Waals surface area contributed by atoms with Gasteiger partial charge in [-0.1, -0.05) is 36.4 Å². The molecular weight excluding hydrogens is 285 g/mol. The summed E-state index contributed by atoms with van der Waals surface area (Å²) < 4.78 is 13.6. The lowest BCUT2D eigenvalue weighted by atomic mass is 10.1. The van der Waals surface area contributed by atoms with Crippen molar-refractivity contribution in [2.24, 2.45) is 0 Å². The van der Waals surface area contributed by atoms with Crippen molar-refractivity contribution in [3.05, 3.63) is 87.7 Å². The summed E-state index contributed by atoms with van der Waals surface area (Å²) >= 11 is 0. The van der Waals surface area contributed by atoms with Crippen LogP contribution in [-0.4, -0.2) is 10.7 Å². The van der Waals surface area contributed by atoms with Crippen molar-refractivity contribution >= 4 is 11.5 Å². The number of carbonyl (C=O) groups excluding carboxylic acids is 1. The highest BCUT2D eigenvalue weighted by molar-refractivity contribution is 6.04. The molecule has 2 aromatic carbocycles. The van der Waals surface area contributed by atoms with E-state index in [1.165, 1.54) is 12.1 Å². The topological polar surface area (TPSA) is 60.2 Å². The van der Waals surface area contributed by atoms with Gasteiger partial charge in [-0.05, 0) is 30.5 Å². The molecule has 0 saturated carbocycles. The molecule has 0 amide bonds. The number of benzene rings is 2. The van der Waals surface area contributed by atoms with Crippen LogP contribution in [0.1, 0.15) is 22.3 Å². The number of allylic oxidation sites excluding steroid dienone is 2. The normalized spacial score (nSPS) is 10.8. The third-order valence-electron chi connectivity index (χ3n) is 3.15. The van der Waals surface area contributed by atoms with Crippen molar-refractivity contribution in [3.8, 4) is 0 Å². The second-order valence-electron chi connectivity index (χ2n) is 4.70. The van der Waals surface area contributed by atoms with Gasteiger partial charge < -0.3 is 0 Å². The lowest BCUT2D eigenvalue weighted by molar-refractivity contribution is -0.385. The summed E-state index contributed by atoms with van der Waals surface area (Å²) in [5.41, 5.74) is 0.715. The van der Waals surface area contributed by atoms with Gasteiger partial charge in [0.25, 0.3) is 5.69 Å². The number of aryl methyl sites for hydroxylation is 1. The monoisotopic (exact) mass is 299 g/mol. The van der Waals surface area contributed by atoms with Crippen LogP contribution in [0.5, 0.6) is 0 Å². The molecule has 0 aliphatic heterocycles. The number of hydrogen-bond acceptors (Lipinski definition) is 3. The van der Waals surface area contributed by atoms with Gasteiger partial charge in [-0.2, -0.15) is 0 Å². The van der Waals surface area contributed by atoms with Gasteiger partial charge in [0.15, 0.2) is 5.78 Å². The van der Waals surface area contributed by atoms with Gasteiger partial charge in [-0.3, -0.25) is 14.9 Å². The number of nitrogens with zero attached hydrogens (tertiary/aromatic N) is 1. The molecule has 4 nitrogen and oxygen atoms in total. The summed E-state index contributed by atoms with van der Waals surface area (Å²) in [6.45, 7) is 0. The average molecular weight is 299 g/mol. The number of non-ortho nitro benzene ring substituents is 1. The smallest absolute Gasteiger partial charge is 0.269 e. The second-order valence-corrected chi connectivity index (χ2v) is 4.70. The highest BCUT2D eigenvalue weighted by atomic mass is 19.1. The number of halogens is 1. The highest BCUT2D eigenvalue weighted by Gasteiger charge is 2.10. The predicted molar refractivity (Wildman–Crippen MR) is 81.3 cm³/mol. The first-order valence-electron chi connectivity index (χ1n) is 6.76. The van der Waals surface area contributed by atoms with Crippen LogP contribution in [0.15, 0.2) is 60.7 Å². The minimum absolute atomic E-state index is 0.125. The van der Waals surface area contributed by atoms with Crippen LogP contribution in [0.3, 0.4) is 0 Å². The van der Waals surface area contributed by atoms with Crippen molar-refractivity contribution in [2.75, 3.05) is 0 Å². The molecule has 0 spiro atoms. The highest BCUT2D eigenvalue weighted by Crippen LogP contribution is 2.18. The van der Waals surface area contributed by atoms with E-state index in [1.54, 1.807) is 30.3 Å². The maximum Gasteiger partial charge on any atom is 0.269 e. The van der Waals surface area contributed by atoms with Crippen molar-refractivity contribution in [3.63, 3.8) is 0 Å². The van der Waals surface area contributed by atoms with E-state index in [-0.39, 0.29) is 17.0 Å². The van der Waals surface area contributed by atoms with Crippen molar-refractivity contribution < 1.29 is 14.1 Å². The van der Waals surface area contributed by atoms with Gasteiger partial charge >= 0.3 is 0 Å². The number of hydrogen-bond donors (Lipinski definition) is 0. The fraction of sp³-hybridized carbons (Fsp3) is 0.118. The van der Waals surface area contributed by atoms with E-state index < -0.39 is 10.7 Å². The summed E-state index contributed by atoms with van der Waals surface area (Å²) in [5, 5.41) is 10.7. The Labute approximate surface area is 127 Å². The number of ketones is 1. The van der Waals surface area contributed by atoms with E-state index in [0.29, 0.717) is 18.4 Å². The fourth-order valence-electron chi connectivity index (χ4n) is 1.99. The molecular formula is C17H14FNO3. The van der Waals surface area contributed by atoms with Crippen LogP contribution in [0, 0.1) is 15.9 Å². The van der Waals surface area contributed by atoms with Gasteiger partial charge in [0.05, 0.1) is 4.92 Å². The molecule has 0 bridgehead atoms. The fourth-order valence-corrected chi connectivity index (χ4v) is 1.99. The van der Waals surface area contributed by atoms with Gasteiger partial charge in [-0.15, -0.1) is 0 Å². The summed E-state index contributed by atoms with van der Waals surface area (Å²) in [6.07, 6.45) is 3.81. The zero-order chi connectivity index (χ0) is 15.9. The Morgan fingerprint density at radius 1 is 1.18 bits per heavy atom. The van der Waals surface area contributed by atoms with E-state index in [1.807, 2.05) is 6.07 Å². The summed E-state index contributed by atoms with van der Waals surface area (Å²) in [6, 6.07) is 12.3. The summed E-state index contributed by atoms with van der Waals surface area (Å²) in [4.78, 5) is 21.9. The molecule has 0 N–H and O–H groups in total. The van der Waals surface area contributed by atoms with Gasteiger partial charge in [0, 0.05) is 17.7 Å². The largest absolute Gasteiger partial charge is 0.289 e. The zero-order valence-corrected chi connectivity index (χ0v) is 11.7. The van der Waals surface area contributed by atoms with Gasteiger partial charge in [0.2, 0.25) is 0 Å². The average Bonchev–Trinajstić information content (AvgIpc) is 2.53. The molecule has 22 heavy (non-hydrogen) atoms. The number of nitro benzene ring substituents is 1. The lowest BCUT2D eigenvalue weighted by Crippen LogP contribution is -1.95. The van der Waals surface area contributed by atoms with E-state index >= 15 is 0 Å². The molecule has 0 saturated heterocycles. The molecule has 5 heteroatoms. The SMILES string of the molecule is O=C(/C=C/CCc1cc([N+](=O)[O-])ccc1F)c1ccccc1. The molecule has 0 fully saturated rings. The lowest BCUT2D eigenvalue weighted by Gasteiger charge is -2.01. The van der Waals surface area contributed by atoms with Crippen molar-refractivity contribution in [1.29, 1.82) is 0 Å². The van der Waals surface area contributed by atoms with Crippen LogP contribution in [-0.2, 0) is 6.42 Å². The van der Waals surface area contributed by atoms with E-state index in [2.05, 4.69) is 0 Å². The Morgan fingerprint density at radius 3 is 2.59 bits per heavy atom. The second kappa shape index (κ2) is 7.26. The Hall–Kier alpha value is -2.82. The maximum absolute atomic E-state index is 13.6. The van der Waals surface area contributed by atoms with Gasteiger partial charge in [0.1, 0.15) is 5.82 Å². The molecule has 0 radical (unpaired) electrons. The van der Waals surface area contributed by atoms with Gasteiger partial charge in [-0.25, -0.2) is 4.39 Å². The molecule has 0 unspecified atom stereocenters. The van der Waals surface area contributed by atoms with E-state index in [0.717, 1.165) is 12.1 Å². The summed E-state index contributed by atoms with van der Waals surface area (Å²) in [7, 11) is 0. The van der Waals surface area contributed by atoms with Crippen LogP contribution < -0.4 is 0 Å². The number of nitro groups is 1.